The van der Waals surface area contributed by atoms with Gasteiger partial charge < -0.3 is 10.1 Å². The number of nitrogens with zero attached hydrogens (tertiary/aromatic N) is 2. The normalized spacial score (nSPS) is 10.7. The van der Waals surface area contributed by atoms with E-state index in [0.29, 0.717) is 12.4 Å². The molecule has 0 bridgehead atoms. The van der Waals surface area contributed by atoms with E-state index in [2.05, 4.69) is 10.4 Å². The van der Waals surface area contributed by atoms with Gasteiger partial charge in [-0.3, -0.25) is 4.79 Å². The highest BCUT2D eigenvalue weighted by Gasteiger charge is 2.08. The van der Waals surface area contributed by atoms with Gasteiger partial charge in [-0.15, -0.1) is 0 Å². The van der Waals surface area contributed by atoms with Crippen LogP contribution in [-0.2, 0) is 9.53 Å². The third kappa shape index (κ3) is 3.36. The van der Waals surface area contributed by atoms with Crippen molar-refractivity contribution in [2.75, 3.05) is 18.5 Å². The number of nitrogens with one attached hydrogen (secondary N) is 1. The van der Waals surface area contributed by atoms with Crippen molar-refractivity contribution in [3.63, 3.8) is 0 Å². The maximum atomic E-state index is 11.4. The van der Waals surface area contributed by atoms with Crippen LogP contribution >= 0.6 is 0 Å². The molecule has 5 nitrogen and oxygen atoms in total. The molecule has 1 rings (SSSR count). The molecule has 1 aromatic rings. The van der Waals surface area contributed by atoms with Crippen LogP contribution in [0, 0.1) is 0 Å². The molecule has 1 amide bonds. The summed E-state index contributed by atoms with van der Waals surface area (Å²) >= 11 is 0. The summed E-state index contributed by atoms with van der Waals surface area (Å²) in [4.78, 5) is 11.4. The Morgan fingerprint density at radius 3 is 3.00 bits per heavy atom. The van der Waals surface area contributed by atoms with E-state index in [1.54, 1.807) is 16.9 Å². The fourth-order valence-electron chi connectivity index (χ4n) is 1.20. The summed E-state index contributed by atoms with van der Waals surface area (Å²) in [7, 11) is 0. The van der Waals surface area contributed by atoms with Crippen molar-refractivity contribution in [2.24, 2.45) is 0 Å². The largest absolute Gasteiger partial charge is 0.372 e. The lowest BCUT2D eigenvalue weighted by Gasteiger charge is -2.11. The lowest BCUT2D eigenvalue weighted by atomic mass is 10.4. The summed E-state index contributed by atoms with van der Waals surface area (Å²) in [5.41, 5.74) is 0. The van der Waals surface area contributed by atoms with Crippen LogP contribution in [0.2, 0.25) is 0 Å². The summed E-state index contributed by atoms with van der Waals surface area (Å²) in [6.07, 6.45) is 1.66. The fourth-order valence-corrected chi connectivity index (χ4v) is 1.20. The van der Waals surface area contributed by atoms with Gasteiger partial charge in [-0.1, -0.05) is 0 Å². The lowest BCUT2D eigenvalue weighted by Crippen LogP contribution is -2.21. The minimum Gasteiger partial charge on any atom is -0.372 e. The van der Waals surface area contributed by atoms with Crippen LogP contribution in [0.25, 0.3) is 0 Å². The Kier molecular flexibility index (Phi) is 4.30. The molecule has 0 aromatic carbocycles. The zero-order chi connectivity index (χ0) is 11.3. The average molecular weight is 211 g/mol. The Bertz CT molecular complexity index is 320. The summed E-state index contributed by atoms with van der Waals surface area (Å²) in [6.45, 7) is 6.48. The topological polar surface area (TPSA) is 56.1 Å². The van der Waals surface area contributed by atoms with Crippen LogP contribution in [0.3, 0.4) is 0 Å². The molecule has 0 aliphatic heterocycles. The van der Waals surface area contributed by atoms with Gasteiger partial charge in [-0.2, -0.15) is 5.10 Å². The molecule has 0 saturated carbocycles. The van der Waals surface area contributed by atoms with Crippen LogP contribution in [0.1, 0.15) is 26.8 Å². The van der Waals surface area contributed by atoms with E-state index >= 15 is 0 Å². The van der Waals surface area contributed by atoms with Gasteiger partial charge in [-0.05, 0) is 20.8 Å². The highest BCUT2D eigenvalue weighted by molar-refractivity contribution is 5.90. The molecular weight excluding hydrogens is 194 g/mol. The fraction of sp³-hybridized carbons (Fsp3) is 0.600. The predicted molar refractivity (Wildman–Crippen MR) is 57.7 cm³/mol. The van der Waals surface area contributed by atoms with Crippen molar-refractivity contribution >= 4 is 11.7 Å². The molecule has 84 valence electrons. The second-order valence-corrected chi connectivity index (χ2v) is 3.44. The number of carbonyl (C=O) groups is 1. The van der Waals surface area contributed by atoms with Crippen molar-refractivity contribution in [1.29, 1.82) is 0 Å². The van der Waals surface area contributed by atoms with E-state index in [4.69, 9.17) is 4.74 Å². The quantitative estimate of drug-likeness (QED) is 0.801. The molecule has 0 aliphatic rings. The molecule has 0 spiro atoms. The number of rotatable bonds is 5. The maximum absolute atomic E-state index is 11.4. The van der Waals surface area contributed by atoms with Crippen LogP contribution in [-0.4, -0.2) is 28.9 Å². The van der Waals surface area contributed by atoms with Gasteiger partial charge in [0.2, 0.25) is 0 Å². The molecule has 0 unspecified atom stereocenters. The third-order valence-electron chi connectivity index (χ3n) is 1.86. The van der Waals surface area contributed by atoms with Gasteiger partial charge in [0, 0.05) is 18.7 Å². The number of hydrogen-bond donors (Lipinski definition) is 1. The number of amides is 1. The van der Waals surface area contributed by atoms with Crippen LogP contribution in [0.4, 0.5) is 5.82 Å². The number of carbonyl (C=O) groups excluding carboxylic acids is 1. The van der Waals surface area contributed by atoms with Crippen molar-refractivity contribution < 1.29 is 9.53 Å². The Morgan fingerprint density at radius 1 is 1.67 bits per heavy atom. The first-order valence-corrected chi connectivity index (χ1v) is 5.06. The van der Waals surface area contributed by atoms with Crippen LogP contribution in [0.15, 0.2) is 12.3 Å². The number of anilines is 1. The Morgan fingerprint density at radius 2 is 2.40 bits per heavy atom. The van der Waals surface area contributed by atoms with E-state index in [-0.39, 0.29) is 18.6 Å². The summed E-state index contributed by atoms with van der Waals surface area (Å²) in [6, 6.07) is 1.99. The van der Waals surface area contributed by atoms with Gasteiger partial charge in [0.15, 0.2) is 0 Å². The monoisotopic (exact) mass is 211 g/mol. The molecule has 0 fully saturated rings. The molecule has 0 radical (unpaired) electrons. The van der Waals surface area contributed by atoms with Gasteiger partial charge in [0.05, 0.1) is 6.20 Å². The van der Waals surface area contributed by atoms with Crippen molar-refractivity contribution in [3.05, 3.63) is 12.3 Å². The Labute approximate surface area is 89.4 Å². The van der Waals surface area contributed by atoms with E-state index in [0.717, 1.165) is 0 Å². The molecule has 1 heterocycles. The van der Waals surface area contributed by atoms with Crippen molar-refractivity contribution in [2.45, 2.75) is 26.8 Å². The summed E-state index contributed by atoms with van der Waals surface area (Å²) < 4.78 is 6.76. The molecular formula is C10H17N3O2. The molecule has 5 heteroatoms. The summed E-state index contributed by atoms with van der Waals surface area (Å²) in [5, 5.41) is 6.85. The highest BCUT2D eigenvalue weighted by atomic mass is 16.5. The van der Waals surface area contributed by atoms with Gasteiger partial charge in [0.25, 0.3) is 5.91 Å². The van der Waals surface area contributed by atoms with E-state index in [9.17, 15) is 4.79 Å². The molecule has 1 aromatic heterocycles. The number of ether oxygens (including phenoxy) is 1. The molecule has 0 atom stereocenters. The first-order valence-electron chi connectivity index (χ1n) is 5.06. The molecule has 15 heavy (non-hydrogen) atoms. The number of aromatic nitrogens is 2. The third-order valence-corrected chi connectivity index (χ3v) is 1.86. The standard InChI is InChI=1S/C10H17N3O2/c1-4-15-7-10(14)12-9-5-6-11-13(9)8(2)3/h5-6,8H,4,7H2,1-3H3,(H,12,14). The van der Waals surface area contributed by atoms with Gasteiger partial charge >= 0.3 is 0 Å². The first-order chi connectivity index (χ1) is 7.15. The van der Waals surface area contributed by atoms with E-state index in [1.165, 1.54) is 0 Å². The van der Waals surface area contributed by atoms with Crippen LogP contribution < -0.4 is 5.32 Å². The van der Waals surface area contributed by atoms with Gasteiger partial charge in [0.1, 0.15) is 12.4 Å². The number of hydrogen-bond acceptors (Lipinski definition) is 3. The first kappa shape index (κ1) is 11.7. The van der Waals surface area contributed by atoms with Gasteiger partial charge in [-0.25, -0.2) is 4.68 Å². The van der Waals surface area contributed by atoms with Crippen molar-refractivity contribution in [1.82, 2.24) is 9.78 Å². The molecule has 0 aliphatic carbocycles. The average Bonchev–Trinajstić information content (AvgIpc) is 2.62. The lowest BCUT2D eigenvalue weighted by molar-refractivity contribution is -0.120. The maximum Gasteiger partial charge on any atom is 0.251 e. The zero-order valence-corrected chi connectivity index (χ0v) is 9.36. The van der Waals surface area contributed by atoms with Crippen molar-refractivity contribution in [3.8, 4) is 0 Å². The molecule has 1 N–H and O–H groups in total. The minimum atomic E-state index is -0.153. The second-order valence-electron chi connectivity index (χ2n) is 3.44. The summed E-state index contributed by atoms with van der Waals surface area (Å²) in [5.74, 6) is 0.550. The minimum absolute atomic E-state index is 0.0831. The molecule has 0 saturated heterocycles. The highest BCUT2D eigenvalue weighted by Crippen LogP contribution is 2.12. The predicted octanol–water partition coefficient (Wildman–Crippen LogP) is 1.44. The Balaban J connectivity index is 2.56. The SMILES string of the molecule is CCOCC(=O)Nc1ccnn1C(C)C. The Hall–Kier alpha value is -1.36. The smallest absolute Gasteiger partial charge is 0.251 e. The second kappa shape index (κ2) is 5.50. The van der Waals surface area contributed by atoms with E-state index in [1.807, 2.05) is 20.8 Å². The van der Waals surface area contributed by atoms with Crippen LogP contribution in [0.5, 0.6) is 0 Å². The van der Waals surface area contributed by atoms with E-state index < -0.39 is 0 Å². The zero-order valence-electron chi connectivity index (χ0n) is 9.36.